The predicted octanol–water partition coefficient (Wildman–Crippen LogP) is 7.39. The lowest BCUT2D eigenvalue weighted by atomic mass is 10.0. The van der Waals surface area contributed by atoms with Crippen LogP contribution in [0.2, 0.25) is 0 Å². The minimum atomic E-state index is -0.530. The first kappa shape index (κ1) is 42.1. The number of carbonyl (C=O) groups excluding carboxylic acids is 1. The van der Waals surface area contributed by atoms with Gasteiger partial charge in [-0.25, -0.2) is 13.6 Å². The minimum Gasteiger partial charge on any atom is -0.490 e. The van der Waals surface area contributed by atoms with Gasteiger partial charge in [-0.05, 0) is 124 Å². The third-order valence-corrected chi connectivity index (χ3v) is 8.85. The molecule has 2 aromatic heterocycles. The van der Waals surface area contributed by atoms with Gasteiger partial charge in [0, 0.05) is 49.3 Å². The van der Waals surface area contributed by atoms with E-state index in [4.69, 9.17) is 24.4 Å². The molecule has 2 saturated heterocycles. The highest BCUT2D eigenvalue weighted by atomic mass is 19.1. The van der Waals surface area contributed by atoms with Gasteiger partial charge in [0.15, 0.2) is 0 Å². The number of nitrogens with zero attached hydrogens (tertiary/aromatic N) is 3. The summed E-state index contributed by atoms with van der Waals surface area (Å²) in [6, 6.07) is 13.9. The third kappa shape index (κ3) is 12.7. The highest BCUT2D eigenvalue weighted by molar-refractivity contribution is 5.69. The maximum absolute atomic E-state index is 14.0. The molecule has 0 saturated carbocycles. The number of aliphatic hydroxyl groups is 2. The van der Waals surface area contributed by atoms with E-state index in [2.05, 4.69) is 15.3 Å². The van der Waals surface area contributed by atoms with Crippen molar-refractivity contribution in [3.05, 3.63) is 96.1 Å². The maximum atomic E-state index is 14.0. The average molecular weight is 749 g/mol. The van der Waals surface area contributed by atoms with Crippen LogP contribution in [0.1, 0.15) is 65.0 Å². The summed E-state index contributed by atoms with van der Waals surface area (Å²) in [5.41, 5.74) is 4.23. The lowest BCUT2D eigenvalue weighted by molar-refractivity contribution is -0.0141. The van der Waals surface area contributed by atoms with Gasteiger partial charge in [-0.3, -0.25) is 9.97 Å². The number of aliphatic hydroxyl groups excluding tert-OH is 2. The second kappa shape index (κ2) is 20.1. The molecule has 2 aromatic carbocycles. The molecular formula is C42H54F2N4O6. The number of pyridine rings is 2. The predicted molar refractivity (Wildman–Crippen MR) is 206 cm³/mol. The number of hydrogen-bond donors (Lipinski definition) is 3. The van der Waals surface area contributed by atoms with E-state index < -0.39 is 5.60 Å². The Balaban J connectivity index is 0.000000244. The van der Waals surface area contributed by atoms with E-state index >= 15 is 0 Å². The number of amides is 1. The third-order valence-electron chi connectivity index (χ3n) is 8.85. The highest BCUT2D eigenvalue weighted by Gasteiger charge is 2.35. The summed E-state index contributed by atoms with van der Waals surface area (Å²) in [4.78, 5) is 22.3. The molecule has 2 fully saturated rings. The van der Waals surface area contributed by atoms with Crippen LogP contribution in [-0.2, 0) is 17.6 Å². The van der Waals surface area contributed by atoms with Crippen molar-refractivity contribution in [3.63, 3.8) is 0 Å². The molecule has 4 heterocycles. The minimum absolute atomic E-state index is 0. The topological polar surface area (TPSA) is 126 Å². The molecule has 10 nitrogen and oxygen atoms in total. The molecule has 0 spiro atoms. The van der Waals surface area contributed by atoms with Crippen LogP contribution in [0.4, 0.5) is 13.6 Å². The summed E-state index contributed by atoms with van der Waals surface area (Å²) in [5, 5.41) is 21.2. The van der Waals surface area contributed by atoms with E-state index in [9.17, 15) is 13.6 Å². The molecular weight excluding hydrogens is 694 g/mol. The zero-order chi connectivity index (χ0) is 37.8. The Kier molecular flexibility index (Phi) is 15.7. The Morgan fingerprint density at radius 2 is 1.30 bits per heavy atom. The van der Waals surface area contributed by atoms with Crippen LogP contribution < -0.4 is 14.8 Å². The second-order valence-corrected chi connectivity index (χ2v) is 14.3. The van der Waals surface area contributed by atoms with Crippen molar-refractivity contribution in [1.29, 1.82) is 0 Å². The Labute approximate surface area is 317 Å². The van der Waals surface area contributed by atoms with E-state index in [0.717, 1.165) is 47.2 Å². The Morgan fingerprint density at radius 1 is 0.778 bits per heavy atom. The van der Waals surface area contributed by atoms with Crippen LogP contribution >= 0.6 is 0 Å². The zero-order valence-corrected chi connectivity index (χ0v) is 30.7. The smallest absolute Gasteiger partial charge is 0.410 e. The normalized spacial score (nSPS) is 16.2. The molecule has 12 heteroatoms. The number of hydrogen-bond acceptors (Lipinski definition) is 9. The standard InChI is InChI=1S/C23H29FN2O4.C18H21FN2O2.CH4/c1-23(2,3)30-22(28)26-7-6-20(26)15-29-21-12-18(13-25-14-21)17-9-16(5-4-8-27)10-19(24)11-17;19-16-7-13(2-1-5-22)6-14(8-16)15-9-18(11-20-10-15)23-12-17-3-4-21-17;/h9-14,20,27H,4-8,15H2,1-3H3;6-11,17,21-22H,1-5,12H2;1H4/t20-;17-;/m00./s1. The number of ether oxygens (including phenoxy) is 3. The summed E-state index contributed by atoms with van der Waals surface area (Å²) in [7, 11) is 0. The highest BCUT2D eigenvalue weighted by Crippen LogP contribution is 2.28. The second-order valence-electron chi connectivity index (χ2n) is 14.3. The first-order valence-electron chi connectivity index (χ1n) is 18.2. The Hall–Kier alpha value is -4.65. The molecule has 54 heavy (non-hydrogen) atoms. The summed E-state index contributed by atoms with van der Waals surface area (Å²) < 4.78 is 44.9. The fraction of sp³-hybridized carbons (Fsp3) is 0.452. The average Bonchev–Trinajstić information content (AvgIpc) is 3.08. The van der Waals surface area contributed by atoms with Crippen molar-refractivity contribution in [3.8, 4) is 33.8 Å². The van der Waals surface area contributed by atoms with Crippen LogP contribution in [0.25, 0.3) is 22.3 Å². The number of nitrogens with one attached hydrogen (secondary N) is 1. The number of likely N-dealkylation sites (tertiary alicyclic amines) is 1. The monoisotopic (exact) mass is 748 g/mol. The molecule has 0 aliphatic carbocycles. The molecule has 292 valence electrons. The van der Waals surface area contributed by atoms with Gasteiger partial charge in [-0.1, -0.05) is 19.6 Å². The summed E-state index contributed by atoms with van der Waals surface area (Å²) in [6.07, 6.45) is 10.8. The van der Waals surface area contributed by atoms with Crippen molar-refractivity contribution < 1.29 is 38.0 Å². The number of halogens is 2. The van der Waals surface area contributed by atoms with Crippen LogP contribution in [0.5, 0.6) is 11.5 Å². The van der Waals surface area contributed by atoms with Gasteiger partial charge in [0.25, 0.3) is 0 Å². The quantitative estimate of drug-likeness (QED) is 0.121. The van der Waals surface area contributed by atoms with Crippen molar-refractivity contribution in [1.82, 2.24) is 20.2 Å². The van der Waals surface area contributed by atoms with Gasteiger partial charge < -0.3 is 34.6 Å². The van der Waals surface area contributed by atoms with Gasteiger partial charge >= 0.3 is 6.09 Å². The molecule has 3 N–H and O–H groups in total. The van der Waals surface area contributed by atoms with E-state index in [1.807, 2.05) is 45.0 Å². The maximum Gasteiger partial charge on any atom is 0.410 e. The lowest BCUT2D eigenvalue weighted by Crippen LogP contribution is -2.55. The van der Waals surface area contributed by atoms with Gasteiger partial charge in [-0.15, -0.1) is 0 Å². The molecule has 0 bridgehead atoms. The van der Waals surface area contributed by atoms with E-state index in [-0.39, 0.29) is 44.4 Å². The van der Waals surface area contributed by atoms with Crippen LogP contribution in [0.15, 0.2) is 73.3 Å². The van der Waals surface area contributed by atoms with Crippen molar-refractivity contribution >= 4 is 6.09 Å². The van der Waals surface area contributed by atoms with Gasteiger partial charge in [0.05, 0.1) is 18.4 Å². The number of benzene rings is 2. The van der Waals surface area contributed by atoms with Gasteiger partial charge in [0.2, 0.25) is 0 Å². The van der Waals surface area contributed by atoms with Gasteiger partial charge in [0.1, 0.15) is 41.9 Å². The first-order chi connectivity index (χ1) is 25.5. The summed E-state index contributed by atoms with van der Waals surface area (Å²) in [5.74, 6) is 0.650. The zero-order valence-electron chi connectivity index (χ0n) is 30.7. The number of aryl methyl sites for hydroxylation is 2. The number of rotatable bonds is 14. The summed E-state index contributed by atoms with van der Waals surface area (Å²) in [6.45, 7) is 8.36. The number of aromatic nitrogens is 2. The van der Waals surface area contributed by atoms with Crippen LogP contribution in [0, 0.1) is 11.6 Å². The fourth-order valence-electron chi connectivity index (χ4n) is 5.86. The van der Waals surface area contributed by atoms with Gasteiger partial charge in [-0.2, -0.15) is 0 Å². The molecule has 2 aliphatic heterocycles. The van der Waals surface area contributed by atoms with Crippen LogP contribution in [0.3, 0.4) is 0 Å². The molecule has 0 radical (unpaired) electrons. The van der Waals surface area contributed by atoms with E-state index in [1.54, 1.807) is 29.7 Å². The Bertz CT molecular complexity index is 1800. The Morgan fingerprint density at radius 3 is 1.72 bits per heavy atom. The SMILES string of the molecule is C.CC(C)(C)OC(=O)N1CC[C@H]1COc1cncc(-c2cc(F)cc(CCCO)c2)c1.OCCCc1cc(F)cc(-c2cncc(OC[C@@H]3CCN3)c2)c1. The lowest BCUT2D eigenvalue weighted by Gasteiger charge is -2.40. The van der Waals surface area contributed by atoms with Crippen molar-refractivity contribution in [2.45, 2.75) is 84.4 Å². The number of carbonyl (C=O) groups is 1. The molecule has 0 unspecified atom stereocenters. The van der Waals surface area contributed by atoms with Crippen molar-refractivity contribution in [2.24, 2.45) is 0 Å². The largest absolute Gasteiger partial charge is 0.490 e. The van der Waals surface area contributed by atoms with E-state index in [1.165, 1.54) is 24.3 Å². The molecule has 4 aromatic rings. The summed E-state index contributed by atoms with van der Waals surface area (Å²) >= 11 is 0. The van der Waals surface area contributed by atoms with Crippen molar-refractivity contribution in [2.75, 3.05) is 39.5 Å². The molecule has 2 aliphatic rings. The van der Waals surface area contributed by atoms with E-state index in [0.29, 0.717) is 68.5 Å². The molecule has 6 rings (SSSR count). The molecule has 1 amide bonds. The fourth-order valence-corrected chi connectivity index (χ4v) is 5.86. The molecule has 2 atom stereocenters. The first-order valence-corrected chi connectivity index (χ1v) is 18.2. The van der Waals surface area contributed by atoms with Crippen LogP contribution in [-0.4, -0.2) is 88.4 Å².